The second-order valence-electron chi connectivity index (χ2n) is 4.45. The first-order valence-electron chi connectivity index (χ1n) is 6.01. The molecule has 2 aromatic carbocycles. The highest BCUT2D eigenvalue weighted by atomic mass is 16.5. The summed E-state index contributed by atoms with van der Waals surface area (Å²) in [6.07, 6.45) is 0. The molecule has 0 amide bonds. The number of aryl methyl sites for hydroxylation is 1. The quantitative estimate of drug-likeness (QED) is 0.711. The first-order valence-corrected chi connectivity index (χ1v) is 6.01. The van der Waals surface area contributed by atoms with Gasteiger partial charge in [0.25, 0.3) is 0 Å². The summed E-state index contributed by atoms with van der Waals surface area (Å²) < 4.78 is 5.23. The first-order chi connectivity index (χ1) is 8.78. The van der Waals surface area contributed by atoms with E-state index in [2.05, 4.69) is 48.3 Å². The highest BCUT2D eigenvalue weighted by Gasteiger charge is 2.06. The number of rotatable bonds is 2. The lowest BCUT2D eigenvalue weighted by atomic mass is 10.1. The summed E-state index contributed by atoms with van der Waals surface area (Å²) in [6, 6.07) is 16.6. The molecule has 3 aromatic rings. The molecule has 1 heterocycles. The Morgan fingerprint density at radius 2 is 1.83 bits per heavy atom. The standard InChI is InChI=1S/C16H15NO/c1-11-9-13(18-2)7-8-14(11)16-10-12-5-3-4-6-15(12)17-16/h3-10,17H,1-2H3. The third kappa shape index (κ3) is 1.76. The lowest BCUT2D eigenvalue weighted by Gasteiger charge is -2.06. The summed E-state index contributed by atoms with van der Waals surface area (Å²) in [4.78, 5) is 3.45. The van der Waals surface area contributed by atoms with Crippen molar-refractivity contribution in [2.75, 3.05) is 7.11 Å². The summed E-state index contributed by atoms with van der Waals surface area (Å²) >= 11 is 0. The minimum Gasteiger partial charge on any atom is -0.497 e. The Labute approximate surface area is 106 Å². The number of methoxy groups -OCH3 is 1. The lowest BCUT2D eigenvalue weighted by molar-refractivity contribution is 0.414. The minimum atomic E-state index is 0.896. The van der Waals surface area contributed by atoms with Gasteiger partial charge in [0, 0.05) is 22.2 Å². The number of fused-ring (bicyclic) bond motifs is 1. The molecule has 90 valence electrons. The zero-order valence-corrected chi connectivity index (χ0v) is 10.5. The summed E-state index contributed by atoms with van der Waals surface area (Å²) in [5.74, 6) is 0.896. The maximum absolute atomic E-state index is 5.23. The van der Waals surface area contributed by atoms with E-state index in [1.165, 1.54) is 22.0 Å². The third-order valence-corrected chi connectivity index (χ3v) is 3.25. The molecule has 1 aromatic heterocycles. The van der Waals surface area contributed by atoms with Crippen molar-refractivity contribution in [3.63, 3.8) is 0 Å². The van der Waals surface area contributed by atoms with E-state index >= 15 is 0 Å². The van der Waals surface area contributed by atoms with E-state index < -0.39 is 0 Å². The molecule has 0 spiro atoms. The lowest BCUT2D eigenvalue weighted by Crippen LogP contribution is -1.87. The van der Waals surface area contributed by atoms with Crippen molar-refractivity contribution in [3.05, 3.63) is 54.1 Å². The van der Waals surface area contributed by atoms with Crippen LogP contribution in [0, 0.1) is 6.92 Å². The highest BCUT2D eigenvalue weighted by Crippen LogP contribution is 2.28. The van der Waals surface area contributed by atoms with Gasteiger partial charge in [0.05, 0.1) is 7.11 Å². The van der Waals surface area contributed by atoms with Crippen LogP contribution in [0.15, 0.2) is 48.5 Å². The number of para-hydroxylation sites is 1. The number of ether oxygens (including phenoxy) is 1. The van der Waals surface area contributed by atoms with E-state index in [1.54, 1.807) is 7.11 Å². The van der Waals surface area contributed by atoms with Crippen molar-refractivity contribution in [1.29, 1.82) is 0 Å². The minimum absolute atomic E-state index is 0.896. The van der Waals surface area contributed by atoms with Crippen molar-refractivity contribution in [2.45, 2.75) is 6.92 Å². The van der Waals surface area contributed by atoms with Gasteiger partial charge in [0.1, 0.15) is 5.75 Å². The fourth-order valence-electron chi connectivity index (χ4n) is 2.28. The van der Waals surface area contributed by atoms with Crippen LogP contribution in [0.1, 0.15) is 5.56 Å². The van der Waals surface area contributed by atoms with Crippen LogP contribution in [0.5, 0.6) is 5.75 Å². The highest BCUT2D eigenvalue weighted by molar-refractivity contribution is 5.86. The van der Waals surface area contributed by atoms with Crippen LogP contribution in [0.25, 0.3) is 22.2 Å². The van der Waals surface area contributed by atoms with Crippen molar-refractivity contribution in [1.82, 2.24) is 4.98 Å². The van der Waals surface area contributed by atoms with Crippen LogP contribution in [0.2, 0.25) is 0 Å². The van der Waals surface area contributed by atoms with Gasteiger partial charge in [-0.15, -0.1) is 0 Å². The van der Waals surface area contributed by atoms with Gasteiger partial charge >= 0.3 is 0 Å². The number of hydrogen-bond acceptors (Lipinski definition) is 1. The van der Waals surface area contributed by atoms with E-state index in [9.17, 15) is 0 Å². The molecule has 2 heteroatoms. The molecule has 0 saturated heterocycles. The Kier molecular flexibility index (Phi) is 2.56. The Bertz CT molecular complexity index is 664. The van der Waals surface area contributed by atoms with Crippen LogP contribution in [-0.4, -0.2) is 12.1 Å². The maximum Gasteiger partial charge on any atom is 0.119 e. The molecule has 1 N–H and O–H groups in total. The molecule has 0 fully saturated rings. The summed E-state index contributed by atoms with van der Waals surface area (Å²) in [5, 5.41) is 1.24. The van der Waals surface area contributed by atoms with Crippen LogP contribution in [0.4, 0.5) is 0 Å². The molecule has 0 bridgehead atoms. The predicted octanol–water partition coefficient (Wildman–Crippen LogP) is 4.15. The van der Waals surface area contributed by atoms with Gasteiger partial charge in [-0.2, -0.15) is 0 Å². The van der Waals surface area contributed by atoms with Gasteiger partial charge in [-0.05, 0) is 42.8 Å². The zero-order chi connectivity index (χ0) is 12.5. The number of nitrogens with one attached hydrogen (secondary N) is 1. The van der Waals surface area contributed by atoms with Crippen LogP contribution in [0.3, 0.4) is 0 Å². The van der Waals surface area contributed by atoms with Gasteiger partial charge in [-0.1, -0.05) is 18.2 Å². The fraction of sp³-hybridized carbons (Fsp3) is 0.125. The maximum atomic E-state index is 5.23. The average molecular weight is 237 g/mol. The number of benzene rings is 2. The van der Waals surface area contributed by atoms with E-state index in [4.69, 9.17) is 4.74 Å². The summed E-state index contributed by atoms with van der Waals surface area (Å²) in [7, 11) is 1.69. The molecule has 0 aliphatic heterocycles. The van der Waals surface area contributed by atoms with Crippen LogP contribution >= 0.6 is 0 Å². The molecule has 18 heavy (non-hydrogen) atoms. The SMILES string of the molecule is COc1ccc(-c2cc3ccccc3[nH]2)c(C)c1. The van der Waals surface area contributed by atoms with E-state index in [0.29, 0.717) is 0 Å². The molecule has 0 unspecified atom stereocenters. The fourth-order valence-corrected chi connectivity index (χ4v) is 2.28. The molecular formula is C16H15NO. The Hall–Kier alpha value is -2.22. The molecular weight excluding hydrogens is 222 g/mol. The van der Waals surface area contributed by atoms with E-state index in [0.717, 1.165) is 11.4 Å². The third-order valence-electron chi connectivity index (χ3n) is 3.25. The monoisotopic (exact) mass is 237 g/mol. The smallest absolute Gasteiger partial charge is 0.119 e. The number of aromatic amines is 1. The van der Waals surface area contributed by atoms with Crippen molar-refractivity contribution in [3.8, 4) is 17.0 Å². The number of hydrogen-bond donors (Lipinski definition) is 1. The van der Waals surface area contributed by atoms with Crippen molar-refractivity contribution < 1.29 is 4.74 Å². The number of H-pyrrole nitrogens is 1. The molecule has 0 aliphatic rings. The largest absolute Gasteiger partial charge is 0.497 e. The van der Waals surface area contributed by atoms with Crippen LogP contribution < -0.4 is 4.74 Å². The van der Waals surface area contributed by atoms with E-state index in [1.807, 2.05) is 12.1 Å². The molecule has 0 saturated carbocycles. The zero-order valence-electron chi connectivity index (χ0n) is 10.5. The molecule has 0 aliphatic carbocycles. The first kappa shape index (κ1) is 10.9. The normalized spacial score (nSPS) is 10.8. The van der Waals surface area contributed by atoms with Crippen LogP contribution in [-0.2, 0) is 0 Å². The van der Waals surface area contributed by atoms with E-state index in [-0.39, 0.29) is 0 Å². The summed E-state index contributed by atoms with van der Waals surface area (Å²) in [5.41, 5.74) is 4.74. The van der Waals surface area contributed by atoms with Gasteiger partial charge in [0.2, 0.25) is 0 Å². The van der Waals surface area contributed by atoms with Gasteiger partial charge in [-0.25, -0.2) is 0 Å². The Morgan fingerprint density at radius 3 is 2.56 bits per heavy atom. The second-order valence-corrected chi connectivity index (χ2v) is 4.45. The van der Waals surface area contributed by atoms with Gasteiger partial charge < -0.3 is 9.72 Å². The second kappa shape index (κ2) is 4.22. The molecule has 3 rings (SSSR count). The Morgan fingerprint density at radius 1 is 1.00 bits per heavy atom. The number of aromatic nitrogens is 1. The average Bonchev–Trinajstić information content (AvgIpc) is 2.81. The molecule has 0 radical (unpaired) electrons. The van der Waals surface area contributed by atoms with Crippen molar-refractivity contribution in [2.24, 2.45) is 0 Å². The topological polar surface area (TPSA) is 25.0 Å². The predicted molar refractivity (Wildman–Crippen MR) is 75.0 cm³/mol. The Balaban J connectivity index is 2.14. The molecule has 0 atom stereocenters. The van der Waals surface area contributed by atoms with Gasteiger partial charge in [-0.3, -0.25) is 0 Å². The molecule has 2 nitrogen and oxygen atoms in total. The summed E-state index contributed by atoms with van der Waals surface area (Å²) in [6.45, 7) is 2.10. The van der Waals surface area contributed by atoms with Gasteiger partial charge in [0.15, 0.2) is 0 Å². The van der Waals surface area contributed by atoms with Crippen molar-refractivity contribution >= 4 is 10.9 Å².